The number of hydrogen-bond acceptors (Lipinski definition) is 6. The van der Waals surface area contributed by atoms with Crippen molar-refractivity contribution in [3.8, 4) is 17.2 Å². The lowest BCUT2D eigenvalue weighted by molar-refractivity contribution is -0.123. The van der Waals surface area contributed by atoms with E-state index in [0.717, 1.165) is 5.56 Å². The number of hydrogen-bond donors (Lipinski definition) is 1. The summed E-state index contributed by atoms with van der Waals surface area (Å²) in [6, 6.07) is 10.3. The number of methoxy groups -OCH3 is 3. The van der Waals surface area contributed by atoms with Crippen molar-refractivity contribution in [1.82, 2.24) is 0 Å². The Labute approximate surface area is 158 Å². The molecule has 1 atom stereocenters. The zero-order valence-corrected chi connectivity index (χ0v) is 16.0. The van der Waals surface area contributed by atoms with Crippen LogP contribution in [0.25, 0.3) is 0 Å². The van der Waals surface area contributed by atoms with Gasteiger partial charge < -0.3 is 24.3 Å². The SMILES string of the molecule is COc1cc(OC)c(C(=O)O[C@H](C)C(=O)Nc2cccc(C)c2)cc1OC. The van der Waals surface area contributed by atoms with Gasteiger partial charge in [0.1, 0.15) is 11.3 Å². The molecule has 0 saturated carbocycles. The second-order valence-electron chi connectivity index (χ2n) is 5.81. The molecule has 0 aliphatic heterocycles. The van der Waals surface area contributed by atoms with Crippen LogP contribution >= 0.6 is 0 Å². The summed E-state index contributed by atoms with van der Waals surface area (Å²) in [6.45, 7) is 3.42. The molecule has 0 bridgehead atoms. The molecule has 1 amide bonds. The van der Waals surface area contributed by atoms with Gasteiger partial charge in [-0.3, -0.25) is 4.79 Å². The van der Waals surface area contributed by atoms with Gasteiger partial charge in [0.2, 0.25) is 0 Å². The fourth-order valence-corrected chi connectivity index (χ4v) is 2.43. The van der Waals surface area contributed by atoms with E-state index in [2.05, 4.69) is 5.32 Å². The minimum atomic E-state index is -1.00. The summed E-state index contributed by atoms with van der Waals surface area (Å²) < 4.78 is 20.9. The van der Waals surface area contributed by atoms with Crippen LogP contribution in [0.1, 0.15) is 22.8 Å². The summed E-state index contributed by atoms with van der Waals surface area (Å²) in [5.74, 6) is -0.129. The van der Waals surface area contributed by atoms with Crippen LogP contribution in [0.4, 0.5) is 5.69 Å². The third-order valence-electron chi connectivity index (χ3n) is 3.86. The van der Waals surface area contributed by atoms with E-state index >= 15 is 0 Å². The van der Waals surface area contributed by atoms with E-state index < -0.39 is 18.0 Å². The van der Waals surface area contributed by atoms with Gasteiger partial charge in [0.15, 0.2) is 17.6 Å². The molecule has 0 heterocycles. The first-order valence-electron chi connectivity index (χ1n) is 8.28. The Kier molecular flexibility index (Phi) is 6.65. The summed E-state index contributed by atoms with van der Waals surface area (Å²) in [6.07, 6.45) is -1.00. The highest BCUT2D eigenvalue weighted by molar-refractivity contribution is 5.98. The smallest absolute Gasteiger partial charge is 0.342 e. The number of aryl methyl sites for hydroxylation is 1. The Morgan fingerprint density at radius 2 is 1.56 bits per heavy atom. The zero-order valence-electron chi connectivity index (χ0n) is 16.0. The molecule has 0 spiro atoms. The van der Waals surface area contributed by atoms with Gasteiger partial charge in [0.05, 0.1) is 21.3 Å². The minimum Gasteiger partial charge on any atom is -0.496 e. The van der Waals surface area contributed by atoms with Gasteiger partial charge in [-0.2, -0.15) is 0 Å². The van der Waals surface area contributed by atoms with Crippen molar-refractivity contribution in [2.75, 3.05) is 26.6 Å². The first-order valence-corrected chi connectivity index (χ1v) is 8.28. The molecule has 0 aromatic heterocycles. The zero-order chi connectivity index (χ0) is 20.0. The molecule has 27 heavy (non-hydrogen) atoms. The van der Waals surface area contributed by atoms with Crippen molar-refractivity contribution in [1.29, 1.82) is 0 Å². The van der Waals surface area contributed by atoms with E-state index in [9.17, 15) is 9.59 Å². The number of anilines is 1. The van der Waals surface area contributed by atoms with Crippen LogP contribution in [0, 0.1) is 6.92 Å². The molecule has 0 aliphatic carbocycles. The quantitative estimate of drug-likeness (QED) is 0.751. The first-order chi connectivity index (χ1) is 12.9. The van der Waals surface area contributed by atoms with Crippen molar-refractivity contribution >= 4 is 17.6 Å². The summed E-state index contributed by atoms with van der Waals surface area (Å²) in [4.78, 5) is 24.8. The first kappa shape index (κ1) is 20.1. The number of carbonyl (C=O) groups excluding carboxylic acids is 2. The molecule has 0 radical (unpaired) electrons. The van der Waals surface area contributed by atoms with Gasteiger partial charge in [-0.25, -0.2) is 4.79 Å². The standard InChI is InChI=1S/C20H23NO6/c1-12-7-6-8-14(9-12)21-19(22)13(2)27-20(23)15-10-17(25-4)18(26-5)11-16(15)24-3/h6-11,13H,1-5H3,(H,21,22)/t13-/m1/s1. The van der Waals surface area contributed by atoms with E-state index in [4.69, 9.17) is 18.9 Å². The lowest BCUT2D eigenvalue weighted by Gasteiger charge is -2.16. The normalized spacial score (nSPS) is 11.3. The van der Waals surface area contributed by atoms with E-state index in [1.54, 1.807) is 6.07 Å². The van der Waals surface area contributed by atoms with E-state index in [0.29, 0.717) is 17.2 Å². The fourth-order valence-electron chi connectivity index (χ4n) is 2.43. The number of carbonyl (C=O) groups is 2. The largest absolute Gasteiger partial charge is 0.496 e. The maximum Gasteiger partial charge on any atom is 0.342 e. The molecule has 0 aliphatic rings. The lowest BCUT2D eigenvalue weighted by Crippen LogP contribution is -2.30. The molecule has 7 nitrogen and oxygen atoms in total. The van der Waals surface area contributed by atoms with Gasteiger partial charge in [0.25, 0.3) is 5.91 Å². The number of ether oxygens (including phenoxy) is 4. The fraction of sp³-hybridized carbons (Fsp3) is 0.300. The topological polar surface area (TPSA) is 83.1 Å². The molecule has 1 N–H and O–H groups in total. The van der Waals surface area contributed by atoms with Gasteiger partial charge in [0, 0.05) is 17.8 Å². The van der Waals surface area contributed by atoms with Crippen LogP contribution in [0.15, 0.2) is 36.4 Å². The van der Waals surface area contributed by atoms with Crippen molar-refractivity contribution in [2.24, 2.45) is 0 Å². The number of amides is 1. The van der Waals surface area contributed by atoms with Crippen LogP contribution in [-0.2, 0) is 9.53 Å². The number of esters is 1. The molecule has 2 aromatic rings. The summed E-state index contributed by atoms with van der Waals surface area (Å²) >= 11 is 0. The highest BCUT2D eigenvalue weighted by atomic mass is 16.6. The molecular formula is C20H23NO6. The maximum atomic E-state index is 12.5. The van der Waals surface area contributed by atoms with Crippen LogP contribution in [0.3, 0.4) is 0 Å². The van der Waals surface area contributed by atoms with Crippen molar-refractivity contribution in [3.05, 3.63) is 47.5 Å². The van der Waals surface area contributed by atoms with Crippen LogP contribution in [-0.4, -0.2) is 39.3 Å². The number of nitrogens with one attached hydrogen (secondary N) is 1. The number of rotatable bonds is 7. The van der Waals surface area contributed by atoms with Crippen molar-refractivity contribution < 1.29 is 28.5 Å². The van der Waals surface area contributed by atoms with Gasteiger partial charge >= 0.3 is 5.97 Å². The summed E-state index contributed by atoms with van der Waals surface area (Å²) in [7, 11) is 4.36. The minimum absolute atomic E-state index is 0.130. The third-order valence-corrected chi connectivity index (χ3v) is 3.86. The molecule has 2 rings (SSSR count). The highest BCUT2D eigenvalue weighted by Crippen LogP contribution is 2.35. The van der Waals surface area contributed by atoms with Crippen LogP contribution < -0.4 is 19.5 Å². The summed E-state index contributed by atoms with van der Waals surface area (Å²) in [5.41, 5.74) is 1.77. The van der Waals surface area contributed by atoms with Gasteiger partial charge in [-0.1, -0.05) is 12.1 Å². The second-order valence-corrected chi connectivity index (χ2v) is 5.81. The molecule has 0 fully saturated rings. The van der Waals surface area contributed by atoms with Crippen molar-refractivity contribution in [3.63, 3.8) is 0 Å². The van der Waals surface area contributed by atoms with Gasteiger partial charge in [-0.05, 0) is 31.5 Å². The average molecular weight is 373 g/mol. The van der Waals surface area contributed by atoms with E-state index in [-0.39, 0.29) is 11.3 Å². The van der Waals surface area contributed by atoms with E-state index in [1.807, 2.05) is 25.1 Å². The van der Waals surface area contributed by atoms with Gasteiger partial charge in [-0.15, -0.1) is 0 Å². The Morgan fingerprint density at radius 3 is 2.15 bits per heavy atom. The van der Waals surface area contributed by atoms with Crippen LogP contribution in [0.5, 0.6) is 17.2 Å². The van der Waals surface area contributed by atoms with E-state index in [1.165, 1.54) is 40.4 Å². The lowest BCUT2D eigenvalue weighted by atomic mass is 10.1. The highest BCUT2D eigenvalue weighted by Gasteiger charge is 2.23. The predicted octanol–water partition coefficient (Wildman–Crippen LogP) is 3.20. The molecule has 0 unspecified atom stereocenters. The Hall–Kier alpha value is -3.22. The molecule has 7 heteroatoms. The maximum absolute atomic E-state index is 12.5. The molecule has 144 valence electrons. The Balaban J connectivity index is 2.14. The predicted molar refractivity (Wildman–Crippen MR) is 101 cm³/mol. The van der Waals surface area contributed by atoms with Crippen LogP contribution in [0.2, 0.25) is 0 Å². The molecule has 2 aromatic carbocycles. The number of benzene rings is 2. The summed E-state index contributed by atoms with van der Waals surface area (Å²) in [5, 5.41) is 2.72. The average Bonchev–Trinajstić information content (AvgIpc) is 2.66. The molecule has 0 saturated heterocycles. The molecular weight excluding hydrogens is 350 g/mol. The Bertz CT molecular complexity index is 833. The Morgan fingerprint density at radius 1 is 0.926 bits per heavy atom. The third kappa shape index (κ3) is 4.91. The second kappa shape index (κ2) is 8.93. The van der Waals surface area contributed by atoms with Crippen molar-refractivity contribution in [2.45, 2.75) is 20.0 Å². The monoisotopic (exact) mass is 373 g/mol.